The van der Waals surface area contributed by atoms with E-state index in [9.17, 15) is 9.59 Å². The van der Waals surface area contributed by atoms with Crippen molar-refractivity contribution in [2.75, 3.05) is 11.4 Å². The van der Waals surface area contributed by atoms with Crippen LogP contribution < -0.4 is 4.90 Å². The minimum Gasteiger partial charge on any atom is -0.339 e. The van der Waals surface area contributed by atoms with Crippen LogP contribution in [0, 0.1) is 0 Å². The van der Waals surface area contributed by atoms with Gasteiger partial charge in [0.2, 0.25) is 11.8 Å². The Morgan fingerprint density at radius 3 is 2.48 bits per heavy atom. The number of nitrogens with zero attached hydrogens (tertiary/aromatic N) is 4. The average Bonchev–Trinajstić information content (AvgIpc) is 3.53. The van der Waals surface area contributed by atoms with Gasteiger partial charge in [0.1, 0.15) is 12.4 Å². The largest absolute Gasteiger partial charge is 0.339 e. The Morgan fingerprint density at radius 2 is 1.76 bits per heavy atom. The normalized spacial score (nSPS) is 19.2. The van der Waals surface area contributed by atoms with Crippen molar-refractivity contribution in [1.82, 2.24) is 14.5 Å². The van der Waals surface area contributed by atoms with Gasteiger partial charge < -0.3 is 14.4 Å². The molecule has 2 amide bonds. The Hall–Kier alpha value is -3.15. The SMILES string of the molecule is CC(C)N(C(=O)Cn1c(C2CC(=O)N(C3CCCC3)C2)nc2ccccc21)c1ccccc1. The van der Waals surface area contributed by atoms with E-state index in [2.05, 4.69) is 4.90 Å². The van der Waals surface area contributed by atoms with Crippen LogP contribution in [0.1, 0.15) is 57.7 Å². The molecule has 0 N–H and O–H groups in total. The smallest absolute Gasteiger partial charge is 0.247 e. The van der Waals surface area contributed by atoms with E-state index >= 15 is 0 Å². The number of hydrogen-bond donors (Lipinski definition) is 0. The first-order valence-corrected chi connectivity index (χ1v) is 12.1. The molecule has 1 aromatic heterocycles. The molecule has 0 bridgehead atoms. The lowest BCUT2D eigenvalue weighted by Gasteiger charge is -2.28. The number of fused-ring (bicyclic) bond motifs is 1. The number of benzene rings is 2. The van der Waals surface area contributed by atoms with E-state index in [-0.39, 0.29) is 30.3 Å². The molecule has 33 heavy (non-hydrogen) atoms. The molecule has 3 aromatic rings. The molecular weight excluding hydrogens is 412 g/mol. The van der Waals surface area contributed by atoms with E-state index < -0.39 is 0 Å². The zero-order valence-corrected chi connectivity index (χ0v) is 19.5. The van der Waals surface area contributed by atoms with Crippen LogP contribution in [-0.4, -0.2) is 44.9 Å². The highest BCUT2D eigenvalue weighted by atomic mass is 16.2. The molecular formula is C27H32N4O2. The summed E-state index contributed by atoms with van der Waals surface area (Å²) in [5, 5.41) is 0. The van der Waals surface area contributed by atoms with E-state index in [1.165, 1.54) is 12.8 Å². The number of carbonyl (C=O) groups excluding carboxylic acids is 2. The first-order chi connectivity index (χ1) is 16.0. The maximum Gasteiger partial charge on any atom is 0.247 e. The van der Waals surface area contributed by atoms with Gasteiger partial charge in [-0.25, -0.2) is 4.98 Å². The summed E-state index contributed by atoms with van der Waals surface area (Å²) in [7, 11) is 0. The van der Waals surface area contributed by atoms with E-state index in [4.69, 9.17) is 4.98 Å². The summed E-state index contributed by atoms with van der Waals surface area (Å²) in [6.07, 6.45) is 5.09. The summed E-state index contributed by atoms with van der Waals surface area (Å²) >= 11 is 0. The molecule has 1 atom stereocenters. The highest BCUT2D eigenvalue weighted by molar-refractivity contribution is 5.94. The molecule has 172 valence electrons. The Labute approximate surface area is 195 Å². The second-order valence-electron chi connectivity index (χ2n) is 9.62. The molecule has 6 nitrogen and oxygen atoms in total. The quantitative estimate of drug-likeness (QED) is 0.552. The molecule has 1 aliphatic heterocycles. The minimum atomic E-state index is 0.0162. The lowest BCUT2D eigenvalue weighted by molar-refractivity contribution is -0.129. The maximum absolute atomic E-state index is 13.6. The van der Waals surface area contributed by atoms with Crippen molar-refractivity contribution >= 4 is 28.5 Å². The van der Waals surface area contributed by atoms with Crippen molar-refractivity contribution < 1.29 is 9.59 Å². The number of carbonyl (C=O) groups is 2. The first-order valence-electron chi connectivity index (χ1n) is 12.1. The third-order valence-corrected chi connectivity index (χ3v) is 7.09. The maximum atomic E-state index is 13.6. The molecule has 2 aliphatic rings. The third-order valence-electron chi connectivity index (χ3n) is 7.09. The monoisotopic (exact) mass is 444 g/mol. The van der Waals surface area contributed by atoms with Crippen LogP contribution in [0.3, 0.4) is 0 Å². The van der Waals surface area contributed by atoms with Crippen molar-refractivity contribution in [3.8, 4) is 0 Å². The number of para-hydroxylation sites is 3. The van der Waals surface area contributed by atoms with Gasteiger partial charge in [-0.2, -0.15) is 0 Å². The van der Waals surface area contributed by atoms with Crippen molar-refractivity contribution in [2.24, 2.45) is 0 Å². The Kier molecular flexibility index (Phi) is 5.92. The minimum absolute atomic E-state index is 0.0162. The van der Waals surface area contributed by atoms with Crippen LogP contribution in [-0.2, 0) is 16.1 Å². The number of anilines is 1. The fraction of sp³-hybridized carbons (Fsp3) is 0.444. The molecule has 1 aliphatic carbocycles. The van der Waals surface area contributed by atoms with Gasteiger partial charge in [-0.1, -0.05) is 43.2 Å². The molecule has 5 rings (SSSR count). The van der Waals surface area contributed by atoms with Crippen LogP contribution in [0.2, 0.25) is 0 Å². The Balaban J connectivity index is 1.47. The summed E-state index contributed by atoms with van der Waals surface area (Å²) in [6.45, 7) is 4.98. The zero-order valence-electron chi connectivity index (χ0n) is 19.5. The summed E-state index contributed by atoms with van der Waals surface area (Å²) in [5.74, 6) is 1.13. The lowest BCUT2D eigenvalue weighted by atomic mass is 10.1. The van der Waals surface area contributed by atoms with Gasteiger partial charge in [0, 0.05) is 36.7 Å². The molecule has 2 aromatic carbocycles. The van der Waals surface area contributed by atoms with Crippen LogP contribution in [0.25, 0.3) is 11.0 Å². The van der Waals surface area contributed by atoms with Gasteiger partial charge in [0.25, 0.3) is 0 Å². The predicted molar refractivity (Wildman–Crippen MR) is 130 cm³/mol. The van der Waals surface area contributed by atoms with Crippen molar-refractivity contribution in [2.45, 2.75) is 70.5 Å². The molecule has 2 heterocycles. The number of aromatic nitrogens is 2. The molecule has 0 radical (unpaired) electrons. The summed E-state index contributed by atoms with van der Waals surface area (Å²) < 4.78 is 2.05. The number of amides is 2. The van der Waals surface area contributed by atoms with Gasteiger partial charge >= 0.3 is 0 Å². The van der Waals surface area contributed by atoms with Gasteiger partial charge in [0.05, 0.1) is 11.0 Å². The second kappa shape index (κ2) is 9.00. The predicted octanol–water partition coefficient (Wildman–Crippen LogP) is 4.74. The Bertz CT molecular complexity index is 1150. The lowest BCUT2D eigenvalue weighted by Crippen LogP contribution is -2.39. The molecule has 1 saturated carbocycles. The van der Waals surface area contributed by atoms with E-state index in [1.54, 1.807) is 0 Å². The van der Waals surface area contributed by atoms with Crippen LogP contribution >= 0.6 is 0 Å². The van der Waals surface area contributed by atoms with Crippen molar-refractivity contribution in [3.63, 3.8) is 0 Å². The third kappa shape index (κ3) is 4.14. The molecule has 1 saturated heterocycles. The fourth-order valence-corrected chi connectivity index (χ4v) is 5.58. The number of likely N-dealkylation sites (tertiary alicyclic amines) is 1. The van der Waals surface area contributed by atoms with E-state index in [0.717, 1.165) is 35.4 Å². The van der Waals surface area contributed by atoms with Crippen molar-refractivity contribution in [1.29, 1.82) is 0 Å². The van der Waals surface area contributed by atoms with Crippen LogP contribution in [0.15, 0.2) is 54.6 Å². The number of rotatable bonds is 6. The fourth-order valence-electron chi connectivity index (χ4n) is 5.58. The van der Waals surface area contributed by atoms with Gasteiger partial charge in [-0.3, -0.25) is 9.59 Å². The topological polar surface area (TPSA) is 58.4 Å². The number of hydrogen-bond acceptors (Lipinski definition) is 3. The van der Waals surface area contributed by atoms with Crippen LogP contribution in [0.5, 0.6) is 0 Å². The summed E-state index contributed by atoms with van der Waals surface area (Å²) in [5.41, 5.74) is 2.72. The molecule has 0 spiro atoms. The highest BCUT2D eigenvalue weighted by Crippen LogP contribution is 2.35. The van der Waals surface area contributed by atoms with Crippen molar-refractivity contribution in [3.05, 3.63) is 60.4 Å². The highest BCUT2D eigenvalue weighted by Gasteiger charge is 2.38. The zero-order chi connectivity index (χ0) is 22.9. The molecule has 6 heteroatoms. The number of imidazole rings is 1. The first kappa shape index (κ1) is 21.7. The van der Waals surface area contributed by atoms with Gasteiger partial charge in [0.15, 0.2) is 0 Å². The van der Waals surface area contributed by atoms with Gasteiger partial charge in [-0.05, 0) is 51.0 Å². The Morgan fingerprint density at radius 1 is 1.06 bits per heavy atom. The second-order valence-corrected chi connectivity index (χ2v) is 9.62. The standard InChI is InChI=1S/C27H32N4O2/c1-19(2)31(22-12-4-3-5-13-22)26(33)18-30-24-15-9-8-14-23(24)28-27(30)20-16-25(32)29(17-20)21-10-6-7-11-21/h3-5,8-9,12-15,19-21H,6-7,10-11,16-18H2,1-2H3. The van der Waals surface area contributed by atoms with Gasteiger partial charge in [-0.15, -0.1) is 0 Å². The summed E-state index contributed by atoms with van der Waals surface area (Å²) in [6, 6.07) is 18.2. The summed E-state index contributed by atoms with van der Waals surface area (Å²) in [4.78, 5) is 35.4. The molecule has 1 unspecified atom stereocenters. The molecule has 2 fully saturated rings. The van der Waals surface area contributed by atoms with E-state index in [1.807, 2.05) is 77.9 Å². The average molecular weight is 445 g/mol. The van der Waals surface area contributed by atoms with Crippen LogP contribution in [0.4, 0.5) is 5.69 Å². The van der Waals surface area contributed by atoms with E-state index in [0.29, 0.717) is 19.0 Å².